The van der Waals surface area contributed by atoms with Crippen LogP contribution in [0, 0.1) is 5.92 Å². The van der Waals surface area contributed by atoms with Crippen LogP contribution in [0.5, 0.6) is 0 Å². The van der Waals surface area contributed by atoms with Gasteiger partial charge >= 0.3 is 0 Å². The van der Waals surface area contributed by atoms with Crippen molar-refractivity contribution >= 4 is 23.4 Å². The van der Waals surface area contributed by atoms with Gasteiger partial charge in [0, 0.05) is 4.90 Å². The van der Waals surface area contributed by atoms with E-state index in [9.17, 15) is 4.79 Å². The first-order valence-electron chi connectivity index (χ1n) is 5.25. The Bertz CT molecular complexity index is 366. The van der Waals surface area contributed by atoms with Gasteiger partial charge in [-0.15, -0.1) is 11.8 Å². The highest BCUT2D eigenvalue weighted by atomic mass is 32.2. The van der Waals surface area contributed by atoms with Crippen LogP contribution in [-0.4, -0.2) is 18.2 Å². The number of hydrogen-bond donors (Lipinski definition) is 2. The molecule has 1 rings (SSSR count). The van der Waals surface area contributed by atoms with Crippen LogP contribution in [0.3, 0.4) is 0 Å². The monoisotopic (exact) mass is 238 g/mol. The molecule has 0 saturated heterocycles. The molecule has 1 amide bonds. The average Bonchev–Trinajstić information content (AvgIpc) is 2.28. The fourth-order valence-electron chi connectivity index (χ4n) is 1.27. The van der Waals surface area contributed by atoms with E-state index in [0.29, 0.717) is 0 Å². The molecule has 0 spiro atoms. The summed E-state index contributed by atoms with van der Waals surface area (Å²) in [7, 11) is 0. The lowest BCUT2D eigenvalue weighted by atomic mass is 10.1. The van der Waals surface area contributed by atoms with Gasteiger partial charge in [0.15, 0.2) is 0 Å². The van der Waals surface area contributed by atoms with Crippen LogP contribution in [0.1, 0.15) is 13.8 Å². The Kier molecular flexibility index (Phi) is 4.83. The highest BCUT2D eigenvalue weighted by Crippen LogP contribution is 2.24. The Morgan fingerprint density at radius 2 is 2.00 bits per heavy atom. The molecule has 0 aromatic heterocycles. The van der Waals surface area contributed by atoms with Crippen molar-refractivity contribution in [2.45, 2.75) is 24.8 Å². The minimum Gasteiger partial charge on any atom is -0.324 e. The second-order valence-electron chi connectivity index (χ2n) is 3.96. The minimum atomic E-state index is -0.463. The normalized spacial score (nSPS) is 12.6. The molecule has 1 atom stereocenters. The molecule has 1 aromatic rings. The van der Waals surface area contributed by atoms with Crippen molar-refractivity contribution in [2.75, 3.05) is 11.6 Å². The molecule has 1 aromatic carbocycles. The quantitative estimate of drug-likeness (QED) is 0.792. The molecule has 0 radical (unpaired) electrons. The number of nitrogens with one attached hydrogen (secondary N) is 1. The van der Waals surface area contributed by atoms with Gasteiger partial charge in [0.05, 0.1) is 11.7 Å². The molecule has 3 N–H and O–H groups in total. The highest BCUT2D eigenvalue weighted by molar-refractivity contribution is 7.98. The van der Waals surface area contributed by atoms with Crippen LogP contribution in [0.4, 0.5) is 5.69 Å². The van der Waals surface area contributed by atoms with Crippen LogP contribution < -0.4 is 11.1 Å². The SMILES string of the molecule is CSc1ccccc1NC(=O)[C@H](N)C(C)C. The van der Waals surface area contributed by atoms with Crippen LogP contribution in [0.2, 0.25) is 0 Å². The molecule has 4 heteroatoms. The second kappa shape index (κ2) is 5.92. The van der Waals surface area contributed by atoms with Crippen molar-refractivity contribution in [3.05, 3.63) is 24.3 Å². The van der Waals surface area contributed by atoms with Crippen LogP contribution in [0.15, 0.2) is 29.2 Å². The number of anilines is 1. The van der Waals surface area contributed by atoms with E-state index >= 15 is 0 Å². The van der Waals surface area contributed by atoms with Gasteiger partial charge in [-0.1, -0.05) is 26.0 Å². The predicted molar refractivity (Wildman–Crippen MR) is 69.7 cm³/mol. The molecule has 0 heterocycles. The Balaban J connectivity index is 2.76. The summed E-state index contributed by atoms with van der Waals surface area (Å²) in [5.41, 5.74) is 6.61. The van der Waals surface area contributed by atoms with Gasteiger partial charge in [-0.25, -0.2) is 0 Å². The molecule has 3 nitrogen and oxygen atoms in total. The van der Waals surface area contributed by atoms with E-state index in [1.165, 1.54) is 0 Å². The van der Waals surface area contributed by atoms with Crippen molar-refractivity contribution < 1.29 is 4.79 Å². The van der Waals surface area contributed by atoms with Crippen molar-refractivity contribution in [3.8, 4) is 0 Å². The zero-order chi connectivity index (χ0) is 12.1. The fraction of sp³-hybridized carbons (Fsp3) is 0.417. The summed E-state index contributed by atoms with van der Waals surface area (Å²) in [4.78, 5) is 12.8. The van der Waals surface area contributed by atoms with Crippen molar-refractivity contribution in [3.63, 3.8) is 0 Å². The first kappa shape index (κ1) is 13.1. The molecule has 88 valence electrons. The summed E-state index contributed by atoms with van der Waals surface area (Å²) in [5, 5.41) is 2.86. The van der Waals surface area contributed by atoms with Crippen molar-refractivity contribution in [2.24, 2.45) is 11.7 Å². The van der Waals surface area contributed by atoms with Gasteiger partial charge in [-0.2, -0.15) is 0 Å². The number of amides is 1. The highest BCUT2D eigenvalue weighted by Gasteiger charge is 2.17. The van der Waals surface area contributed by atoms with E-state index in [1.54, 1.807) is 11.8 Å². The van der Waals surface area contributed by atoms with Gasteiger partial charge in [-0.05, 0) is 24.3 Å². The lowest BCUT2D eigenvalue weighted by Gasteiger charge is -2.16. The average molecular weight is 238 g/mol. The van der Waals surface area contributed by atoms with Crippen LogP contribution >= 0.6 is 11.8 Å². The maximum absolute atomic E-state index is 11.8. The number of carbonyl (C=O) groups is 1. The number of rotatable bonds is 4. The Labute approximate surface area is 101 Å². The molecular formula is C12H18N2OS. The number of carbonyl (C=O) groups excluding carboxylic acids is 1. The Morgan fingerprint density at radius 1 is 1.38 bits per heavy atom. The lowest BCUT2D eigenvalue weighted by Crippen LogP contribution is -2.39. The molecule has 16 heavy (non-hydrogen) atoms. The molecule has 0 bridgehead atoms. The predicted octanol–water partition coefficient (Wildman–Crippen LogP) is 2.33. The third-order valence-electron chi connectivity index (χ3n) is 2.39. The Hall–Kier alpha value is -1.00. The zero-order valence-corrected chi connectivity index (χ0v) is 10.7. The number of thioether (sulfide) groups is 1. The zero-order valence-electron chi connectivity index (χ0n) is 9.86. The molecule has 0 aliphatic heterocycles. The summed E-state index contributed by atoms with van der Waals surface area (Å²) in [5.74, 6) is 0.0120. The first-order valence-corrected chi connectivity index (χ1v) is 6.48. The van der Waals surface area contributed by atoms with Crippen LogP contribution in [0.25, 0.3) is 0 Å². The van der Waals surface area contributed by atoms with Gasteiger partial charge in [0.1, 0.15) is 0 Å². The van der Waals surface area contributed by atoms with E-state index in [-0.39, 0.29) is 11.8 Å². The summed E-state index contributed by atoms with van der Waals surface area (Å²) in [6.45, 7) is 3.87. The molecule has 0 aliphatic carbocycles. The van der Waals surface area contributed by atoms with E-state index in [1.807, 2.05) is 44.4 Å². The van der Waals surface area contributed by atoms with E-state index in [2.05, 4.69) is 5.32 Å². The lowest BCUT2D eigenvalue weighted by molar-refractivity contribution is -0.118. The number of nitrogens with two attached hydrogens (primary N) is 1. The smallest absolute Gasteiger partial charge is 0.241 e. The van der Waals surface area contributed by atoms with E-state index in [4.69, 9.17) is 5.73 Å². The fourth-order valence-corrected chi connectivity index (χ4v) is 1.82. The third-order valence-corrected chi connectivity index (χ3v) is 3.18. The van der Waals surface area contributed by atoms with Crippen LogP contribution in [-0.2, 0) is 4.79 Å². The van der Waals surface area contributed by atoms with Gasteiger partial charge in [-0.3, -0.25) is 4.79 Å². The van der Waals surface area contributed by atoms with E-state index < -0.39 is 6.04 Å². The summed E-state index contributed by atoms with van der Waals surface area (Å²) in [6.07, 6.45) is 1.98. The molecule has 0 saturated carbocycles. The van der Waals surface area contributed by atoms with Crippen molar-refractivity contribution in [1.29, 1.82) is 0 Å². The largest absolute Gasteiger partial charge is 0.324 e. The van der Waals surface area contributed by atoms with Gasteiger partial charge in [0.2, 0.25) is 5.91 Å². The van der Waals surface area contributed by atoms with Gasteiger partial charge < -0.3 is 11.1 Å². The number of benzene rings is 1. The van der Waals surface area contributed by atoms with E-state index in [0.717, 1.165) is 10.6 Å². The summed E-state index contributed by atoms with van der Waals surface area (Å²) in [6, 6.07) is 7.24. The standard InChI is InChI=1S/C12H18N2OS/c1-8(2)11(13)12(15)14-9-6-4-5-7-10(9)16-3/h4-8,11H,13H2,1-3H3,(H,14,15)/t11-/m1/s1. The molecule has 0 fully saturated rings. The van der Waals surface area contributed by atoms with Crippen molar-refractivity contribution in [1.82, 2.24) is 0 Å². The second-order valence-corrected chi connectivity index (χ2v) is 4.81. The van der Waals surface area contributed by atoms with Gasteiger partial charge in [0.25, 0.3) is 0 Å². The topological polar surface area (TPSA) is 55.1 Å². The number of hydrogen-bond acceptors (Lipinski definition) is 3. The Morgan fingerprint density at radius 3 is 2.56 bits per heavy atom. The number of para-hydroxylation sites is 1. The maximum Gasteiger partial charge on any atom is 0.241 e. The first-order chi connectivity index (χ1) is 7.56. The molecule has 0 unspecified atom stereocenters. The maximum atomic E-state index is 11.8. The minimum absolute atomic E-state index is 0.128. The molecular weight excluding hydrogens is 220 g/mol. The summed E-state index contributed by atoms with van der Waals surface area (Å²) < 4.78 is 0. The third kappa shape index (κ3) is 3.25. The molecule has 0 aliphatic rings. The summed E-state index contributed by atoms with van der Waals surface area (Å²) >= 11 is 1.60.